The van der Waals surface area contributed by atoms with E-state index in [1.54, 1.807) is 17.0 Å². The predicted octanol–water partition coefficient (Wildman–Crippen LogP) is 2.27. The summed E-state index contributed by atoms with van der Waals surface area (Å²) in [6.45, 7) is 2.30. The van der Waals surface area contributed by atoms with E-state index >= 15 is 0 Å². The number of benzene rings is 1. The average Bonchev–Trinajstić information content (AvgIpc) is 2.80. The van der Waals surface area contributed by atoms with Crippen LogP contribution in [0.1, 0.15) is 16.8 Å². The Hall–Kier alpha value is -0.940. The van der Waals surface area contributed by atoms with Crippen molar-refractivity contribution in [2.45, 2.75) is 6.42 Å². The SMILES string of the molecule is CNC[C@H]1CCN(C(=O)c2cc(Br)ccc2F)C1. The van der Waals surface area contributed by atoms with Crippen LogP contribution in [0, 0.1) is 11.7 Å². The first-order chi connectivity index (χ1) is 8.61. The number of halogens is 2. The molecule has 2 rings (SSSR count). The van der Waals surface area contributed by atoms with E-state index in [4.69, 9.17) is 0 Å². The number of carbonyl (C=O) groups is 1. The summed E-state index contributed by atoms with van der Waals surface area (Å²) < 4.78 is 14.4. The largest absolute Gasteiger partial charge is 0.338 e. The number of likely N-dealkylation sites (tertiary alicyclic amines) is 1. The highest BCUT2D eigenvalue weighted by atomic mass is 79.9. The zero-order chi connectivity index (χ0) is 13.1. The van der Waals surface area contributed by atoms with Crippen molar-refractivity contribution in [1.29, 1.82) is 0 Å². The number of nitrogens with one attached hydrogen (secondary N) is 1. The fraction of sp³-hybridized carbons (Fsp3) is 0.462. The van der Waals surface area contributed by atoms with Gasteiger partial charge in [-0.15, -0.1) is 0 Å². The second kappa shape index (κ2) is 5.80. The van der Waals surface area contributed by atoms with Gasteiger partial charge in [0.15, 0.2) is 0 Å². The predicted molar refractivity (Wildman–Crippen MR) is 72.0 cm³/mol. The summed E-state index contributed by atoms with van der Waals surface area (Å²) in [5, 5.41) is 3.11. The van der Waals surface area contributed by atoms with Crippen LogP contribution in [-0.4, -0.2) is 37.5 Å². The van der Waals surface area contributed by atoms with E-state index in [1.165, 1.54) is 6.07 Å². The third-order valence-corrected chi connectivity index (χ3v) is 3.72. The maximum absolute atomic E-state index is 13.6. The molecule has 5 heteroatoms. The van der Waals surface area contributed by atoms with E-state index in [0.29, 0.717) is 19.0 Å². The van der Waals surface area contributed by atoms with E-state index in [9.17, 15) is 9.18 Å². The lowest BCUT2D eigenvalue weighted by atomic mass is 10.1. The van der Waals surface area contributed by atoms with Crippen molar-refractivity contribution in [2.75, 3.05) is 26.7 Å². The molecule has 0 spiro atoms. The summed E-state index contributed by atoms with van der Waals surface area (Å²) in [6, 6.07) is 4.46. The van der Waals surface area contributed by atoms with Crippen molar-refractivity contribution in [3.05, 3.63) is 34.1 Å². The third kappa shape index (κ3) is 2.90. The Morgan fingerprint density at radius 3 is 3.11 bits per heavy atom. The van der Waals surface area contributed by atoms with Crippen LogP contribution in [0.2, 0.25) is 0 Å². The monoisotopic (exact) mass is 314 g/mol. The lowest BCUT2D eigenvalue weighted by molar-refractivity contribution is 0.0782. The summed E-state index contributed by atoms with van der Waals surface area (Å²) in [5.74, 6) is -0.207. The Morgan fingerprint density at radius 1 is 1.61 bits per heavy atom. The molecule has 3 nitrogen and oxygen atoms in total. The standard InChI is InChI=1S/C13H16BrFN2O/c1-16-7-9-4-5-17(8-9)13(18)11-6-10(14)2-3-12(11)15/h2-3,6,9,16H,4-5,7-8H2,1H3/t9-/m1/s1. The lowest BCUT2D eigenvalue weighted by Gasteiger charge is -2.17. The molecule has 0 unspecified atom stereocenters. The van der Waals surface area contributed by atoms with Crippen LogP contribution in [0.3, 0.4) is 0 Å². The molecule has 98 valence electrons. The third-order valence-electron chi connectivity index (χ3n) is 3.22. The van der Waals surface area contributed by atoms with Gasteiger partial charge in [0.2, 0.25) is 0 Å². The van der Waals surface area contributed by atoms with Gasteiger partial charge in [0.1, 0.15) is 5.82 Å². The minimum atomic E-state index is -0.458. The molecule has 1 aromatic carbocycles. The number of rotatable bonds is 3. The van der Waals surface area contributed by atoms with Gasteiger partial charge in [-0.05, 0) is 44.1 Å². The van der Waals surface area contributed by atoms with Gasteiger partial charge >= 0.3 is 0 Å². The molecular formula is C13H16BrFN2O. The molecule has 1 aliphatic rings. The molecule has 0 radical (unpaired) electrons. The molecule has 1 amide bonds. The number of hydrogen-bond donors (Lipinski definition) is 1. The molecule has 0 bridgehead atoms. The van der Waals surface area contributed by atoms with Gasteiger partial charge in [0.05, 0.1) is 5.56 Å². The van der Waals surface area contributed by atoms with Crippen molar-refractivity contribution in [2.24, 2.45) is 5.92 Å². The van der Waals surface area contributed by atoms with Crippen LogP contribution >= 0.6 is 15.9 Å². The van der Waals surface area contributed by atoms with Gasteiger partial charge in [-0.2, -0.15) is 0 Å². The molecule has 0 saturated carbocycles. The van der Waals surface area contributed by atoms with Crippen LogP contribution in [0.25, 0.3) is 0 Å². The second-order valence-corrected chi connectivity index (χ2v) is 5.50. The summed E-state index contributed by atoms with van der Waals surface area (Å²) in [7, 11) is 1.90. The molecule has 1 aliphatic heterocycles. The molecule has 1 heterocycles. The zero-order valence-electron chi connectivity index (χ0n) is 10.2. The topological polar surface area (TPSA) is 32.3 Å². The van der Waals surface area contributed by atoms with Crippen molar-refractivity contribution in [3.63, 3.8) is 0 Å². The maximum atomic E-state index is 13.6. The minimum Gasteiger partial charge on any atom is -0.338 e. The first-order valence-electron chi connectivity index (χ1n) is 6.00. The first kappa shape index (κ1) is 13.5. The van der Waals surface area contributed by atoms with Gasteiger partial charge in [-0.25, -0.2) is 4.39 Å². The molecule has 1 atom stereocenters. The Kier molecular flexibility index (Phi) is 4.35. The van der Waals surface area contributed by atoms with Crippen LogP contribution in [0.15, 0.2) is 22.7 Å². The Balaban J connectivity index is 2.10. The highest BCUT2D eigenvalue weighted by Crippen LogP contribution is 2.21. The quantitative estimate of drug-likeness (QED) is 0.928. The van der Waals surface area contributed by atoms with Crippen molar-refractivity contribution < 1.29 is 9.18 Å². The molecule has 0 aromatic heterocycles. The first-order valence-corrected chi connectivity index (χ1v) is 6.80. The van der Waals surface area contributed by atoms with Crippen LogP contribution in [0.5, 0.6) is 0 Å². The molecule has 1 fully saturated rings. The summed E-state index contributed by atoms with van der Waals surface area (Å²) in [6.07, 6.45) is 0.974. The molecule has 0 aliphatic carbocycles. The van der Waals surface area contributed by atoms with E-state index in [-0.39, 0.29) is 11.5 Å². The van der Waals surface area contributed by atoms with Crippen molar-refractivity contribution >= 4 is 21.8 Å². The van der Waals surface area contributed by atoms with Crippen LogP contribution in [0.4, 0.5) is 4.39 Å². The Morgan fingerprint density at radius 2 is 2.39 bits per heavy atom. The lowest BCUT2D eigenvalue weighted by Crippen LogP contribution is -2.30. The zero-order valence-corrected chi connectivity index (χ0v) is 11.8. The summed E-state index contributed by atoms with van der Waals surface area (Å²) in [5.41, 5.74) is 0.148. The fourth-order valence-corrected chi connectivity index (χ4v) is 2.67. The highest BCUT2D eigenvalue weighted by molar-refractivity contribution is 9.10. The smallest absolute Gasteiger partial charge is 0.256 e. The van der Waals surface area contributed by atoms with Gasteiger partial charge in [0.25, 0.3) is 5.91 Å². The molecule has 1 saturated heterocycles. The van der Waals surface area contributed by atoms with Gasteiger partial charge in [0, 0.05) is 17.6 Å². The average molecular weight is 315 g/mol. The van der Waals surface area contributed by atoms with E-state index in [0.717, 1.165) is 17.4 Å². The van der Waals surface area contributed by atoms with Gasteiger partial charge in [-0.1, -0.05) is 15.9 Å². The number of amides is 1. The highest BCUT2D eigenvalue weighted by Gasteiger charge is 2.27. The van der Waals surface area contributed by atoms with Crippen LogP contribution < -0.4 is 5.32 Å². The summed E-state index contributed by atoms with van der Waals surface area (Å²) in [4.78, 5) is 13.9. The normalized spacial score (nSPS) is 19.3. The summed E-state index contributed by atoms with van der Waals surface area (Å²) >= 11 is 3.26. The Bertz CT molecular complexity index is 453. The van der Waals surface area contributed by atoms with Gasteiger partial charge in [-0.3, -0.25) is 4.79 Å². The molecule has 18 heavy (non-hydrogen) atoms. The minimum absolute atomic E-state index is 0.148. The second-order valence-electron chi connectivity index (χ2n) is 4.59. The van der Waals surface area contributed by atoms with Gasteiger partial charge < -0.3 is 10.2 Å². The number of nitrogens with zero attached hydrogens (tertiary/aromatic N) is 1. The van der Waals surface area contributed by atoms with E-state index in [1.807, 2.05) is 7.05 Å². The van der Waals surface area contributed by atoms with Crippen molar-refractivity contribution in [1.82, 2.24) is 10.2 Å². The van der Waals surface area contributed by atoms with E-state index < -0.39 is 5.82 Å². The van der Waals surface area contributed by atoms with Crippen LogP contribution in [-0.2, 0) is 0 Å². The van der Waals surface area contributed by atoms with E-state index in [2.05, 4.69) is 21.2 Å². The number of carbonyl (C=O) groups excluding carboxylic acids is 1. The maximum Gasteiger partial charge on any atom is 0.256 e. The molecular weight excluding hydrogens is 299 g/mol. The molecule has 1 N–H and O–H groups in total. The number of hydrogen-bond acceptors (Lipinski definition) is 2. The Labute approximate surface area is 114 Å². The van der Waals surface area contributed by atoms with Crippen molar-refractivity contribution in [3.8, 4) is 0 Å². The fourth-order valence-electron chi connectivity index (χ4n) is 2.30. The molecule has 1 aromatic rings.